The molecule has 0 bridgehead atoms. The van der Waals surface area contributed by atoms with E-state index < -0.39 is 0 Å². The minimum Gasteiger partial charge on any atom is -0.354 e. The van der Waals surface area contributed by atoms with Crippen LogP contribution in [0.15, 0.2) is 49.1 Å². The van der Waals surface area contributed by atoms with Crippen molar-refractivity contribution in [1.82, 2.24) is 14.9 Å². The number of aromatic nitrogens is 2. The Kier molecular flexibility index (Phi) is 4.53. The van der Waals surface area contributed by atoms with Crippen molar-refractivity contribution in [2.45, 2.75) is 19.4 Å². The van der Waals surface area contributed by atoms with Crippen LogP contribution >= 0.6 is 0 Å². The van der Waals surface area contributed by atoms with E-state index in [1.165, 1.54) is 5.56 Å². The summed E-state index contributed by atoms with van der Waals surface area (Å²) in [6.45, 7) is 1.40. The van der Waals surface area contributed by atoms with Crippen molar-refractivity contribution in [3.05, 3.63) is 54.6 Å². The number of hydrogen-bond acceptors (Lipinski definition) is 2. The van der Waals surface area contributed by atoms with Gasteiger partial charge in [0.1, 0.15) is 0 Å². The number of nitrogens with one attached hydrogen (secondary N) is 1. The van der Waals surface area contributed by atoms with Gasteiger partial charge in [0.2, 0.25) is 5.91 Å². The number of hydrogen-bond donors (Lipinski definition) is 1. The molecule has 4 heteroatoms. The molecule has 0 radical (unpaired) electrons. The number of imidazole rings is 1. The molecule has 1 aromatic heterocycles. The maximum absolute atomic E-state index is 11.6. The number of rotatable bonds is 6. The van der Waals surface area contributed by atoms with Crippen molar-refractivity contribution in [2.24, 2.45) is 0 Å². The second-order valence-electron chi connectivity index (χ2n) is 4.14. The van der Waals surface area contributed by atoms with Crippen molar-refractivity contribution in [1.29, 1.82) is 0 Å². The molecule has 0 aliphatic rings. The maximum atomic E-state index is 11.6. The average Bonchev–Trinajstić information content (AvgIpc) is 2.91. The Bertz CT molecular complexity index is 465. The minimum atomic E-state index is 0.0963. The number of benzene rings is 1. The average molecular weight is 243 g/mol. The Morgan fingerprint density at radius 2 is 2.11 bits per heavy atom. The number of aryl methyl sites for hydroxylation is 1. The molecule has 0 atom stereocenters. The zero-order chi connectivity index (χ0) is 12.6. The fraction of sp³-hybridized carbons (Fsp3) is 0.286. The highest BCUT2D eigenvalue weighted by molar-refractivity contribution is 5.76. The molecule has 0 saturated heterocycles. The van der Waals surface area contributed by atoms with Gasteiger partial charge in [0, 0.05) is 31.9 Å². The van der Waals surface area contributed by atoms with Crippen LogP contribution in [0.1, 0.15) is 12.0 Å². The maximum Gasteiger partial charge on any atom is 0.220 e. The third-order valence-corrected chi connectivity index (χ3v) is 2.73. The number of carbonyl (C=O) groups is 1. The first-order valence-electron chi connectivity index (χ1n) is 6.11. The fourth-order valence-corrected chi connectivity index (χ4v) is 1.73. The summed E-state index contributed by atoms with van der Waals surface area (Å²) in [6.07, 6.45) is 6.69. The van der Waals surface area contributed by atoms with Gasteiger partial charge < -0.3 is 9.88 Å². The molecule has 1 amide bonds. The molecule has 1 aromatic carbocycles. The Morgan fingerprint density at radius 1 is 1.28 bits per heavy atom. The van der Waals surface area contributed by atoms with Gasteiger partial charge in [0.15, 0.2) is 0 Å². The standard InChI is InChI=1S/C14H17N3O/c18-14(7-6-13-4-2-1-3-5-13)16-9-11-17-10-8-15-12-17/h1-5,8,10,12H,6-7,9,11H2,(H,16,18). The van der Waals surface area contributed by atoms with Crippen molar-refractivity contribution >= 4 is 5.91 Å². The predicted molar refractivity (Wildman–Crippen MR) is 70.0 cm³/mol. The van der Waals surface area contributed by atoms with Crippen molar-refractivity contribution in [3.8, 4) is 0 Å². The lowest BCUT2D eigenvalue weighted by atomic mass is 10.1. The summed E-state index contributed by atoms with van der Waals surface area (Å²) in [5.74, 6) is 0.0963. The SMILES string of the molecule is O=C(CCc1ccccc1)NCCn1ccnc1. The van der Waals surface area contributed by atoms with Gasteiger partial charge in [-0.15, -0.1) is 0 Å². The Labute approximate surface area is 107 Å². The molecule has 1 heterocycles. The third-order valence-electron chi connectivity index (χ3n) is 2.73. The smallest absolute Gasteiger partial charge is 0.220 e. The van der Waals surface area contributed by atoms with E-state index in [1.807, 2.05) is 41.1 Å². The van der Waals surface area contributed by atoms with E-state index in [1.54, 1.807) is 12.5 Å². The summed E-state index contributed by atoms with van der Waals surface area (Å²) in [4.78, 5) is 15.6. The second-order valence-corrected chi connectivity index (χ2v) is 4.14. The predicted octanol–water partition coefficient (Wildman–Crippen LogP) is 1.63. The van der Waals surface area contributed by atoms with Crippen molar-refractivity contribution in [3.63, 3.8) is 0 Å². The summed E-state index contributed by atoms with van der Waals surface area (Å²) < 4.78 is 1.94. The molecule has 94 valence electrons. The van der Waals surface area contributed by atoms with E-state index in [-0.39, 0.29) is 5.91 Å². The molecule has 1 N–H and O–H groups in total. The molecule has 0 saturated carbocycles. The van der Waals surface area contributed by atoms with Crippen molar-refractivity contribution < 1.29 is 4.79 Å². The van der Waals surface area contributed by atoms with Crippen LogP contribution in [0.25, 0.3) is 0 Å². The molecule has 0 spiro atoms. The van der Waals surface area contributed by atoms with Crippen molar-refractivity contribution in [2.75, 3.05) is 6.54 Å². The Hall–Kier alpha value is -2.10. The van der Waals surface area contributed by atoms with E-state index in [4.69, 9.17) is 0 Å². The monoisotopic (exact) mass is 243 g/mol. The van der Waals surface area contributed by atoms with Gasteiger partial charge in [-0.25, -0.2) is 4.98 Å². The molecular formula is C14H17N3O. The van der Waals surface area contributed by atoms with E-state index >= 15 is 0 Å². The second kappa shape index (κ2) is 6.59. The Morgan fingerprint density at radius 3 is 2.83 bits per heavy atom. The highest BCUT2D eigenvalue weighted by atomic mass is 16.1. The van der Waals surface area contributed by atoms with Gasteiger partial charge in [-0.3, -0.25) is 4.79 Å². The molecule has 4 nitrogen and oxygen atoms in total. The summed E-state index contributed by atoms with van der Waals surface area (Å²) in [5, 5.41) is 2.90. The molecule has 0 aliphatic carbocycles. The molecule has 0 fully saturated rings. The van der Waals surface area contributed by atoms with Crippen LogP contribution in [0.5, 0.6) is 0 Å². The van der Waals surface area contributed by atoms with E-state index in [9.17, 15) is 4.79 Å². The van der Waals surface area contributed by atoms with Gasteiger partial charge in [0.25, 0.3) is 0 Å². The molecular weight excluding hydrogens is 226 g/mol. The summed E-state index contributed by atoms with van der Waals surface area (Å²) in [5.41, 5.74) is 1.20. The zero-order valence-corrected chi connectivity index (χ0v) is 10.2. The zero-order valence-electron chi connectivity index (χ0n) is 10.2. The van der Waals surface area contributed by atoms with Crippen LogP contribution in [0.4, 0.5) is 0 Å². The lowest BCUT2D eigenvalue weighted by Crippen LogP contribution is -2.27. The van der Waals surface area contributed by atoms with E-state index in [0.717, 1.165) is 13.0 Å². The lowest BCUT2D eigenvalue weighted by molar-refractivity contribution is -0.121. The van der Waals surface area contributed by atoms with Gasteiger partial charge >= 0.3 is 0 Å². The van der Waals surface area contributed by atoms with Gasteiger partial charge in [-0.2, -0.15) is 0 Å². The first kappa shape index (κ1) is 12.4. The first-order chi connectivity index (χ1) is 8.84. The van der Waals surface area contributed by atoms with Crippen LogP contribution in [0, 0.1) is 0 Å². The lowest BCUT2D eigenvalue weighted by Gasteiger charge is -2.05. The van der Waals surface area contributed by atoms with Crippen LogP contribution in [-0.4, -0.2) is 22.0 Å². The largest absolute Gasteiger partial charge is 0.354 e. The highest BCUT2D eigenvalue weighted by Gasteiger charge is 2.01. The Balaban J connectivity index is 1.63. The summed E-state index contributed by atoms with van der Waals surface area (Å²) in [7, 11) is 0. The number of nitrogens with zero attached hydrogens (tertiary/aromatic N) is 2. The van der Waals surface area contributed by atoms with Crippen LogP contribution < -0.4 is 5.32 Å². The van der Waals surface area contributed by atoms with Crippen LogP contribution in [-0.2, 0) is 17.8 Å². The normalized spacial score (nSPS) is 10.2. The summed E-state index contributed by atoms with van der Waals surface area (Å²) in [6, 6.07) is 10.0. The highest BCUT2D eigenvalue weighted by Crippen LogP contribution is 2.01. The minimum absolute atomic E-state index is 0.0963. The van der Waals surface area contributed by atoms with E-state index in [2.05, 4.69) is 10.3 Å². The van der Waals surface area contributed by atoms with Gasteiger partial charge in [-0.05, 0) is 12.0 Å². The molecule has 0 unspecified atom stereocenters. The number of amides is 1. The fourth-order valence-electron chi connectivity index (χ4n) is 1.73. The van der Waals surface area contributed by atoms with E-state index in [0.29, 0.717) is 13.0 Å². The van der Waals surface area contributed by atoms with Crippen LogP contribution in [0.3, 0.4) is 0 Å². The first-order valence-corrected chi connectivity index (χ1v) is 6.11. The summed E-state index contributed by atoms with van der Waals surface area (Å²) >= 11 is 0. The van der Waals surface area contributed by atoms with Gasteiger partial charge in [-0.1, -0.05) is 30.3 Å². The van der Waals surface area contributed by atoms with Gasteiger partial charge in [0.05, 0.1) is 6.33 Å². The molecule has 2 aromatic rings. The molecule has 0 aliphatic heterocycles. The molecule has 2 rings (SSSR count). The number of carbonyl (C=O) groups excluding carboxylic acids is 1. The quantitative estimate of drug-likeness (QED) is 0.838. The van der Waals surface area contributed by atoms with Crippen LogP contribution in [0.2, 0.25) is 0 Å². The third kappa shape index (κ3) is 4.05. The topological polar surface area (TPSA) is 46.9 Å². The molecule has 18 heavy (non-hydrogen) atoms.